The average molecular weight is 124 g/mol. The van der Waals surface area contributed by atoms with Gasteiger partial charge in [-0.05, 0) is 19.4 Å². The van der Waals surface area contributed by atoms with Crippen LogP contribution in [0.2, 0.25) is 0 Å². The molecule has 1 aliphatic heterocycles. The molecule has 0 saturated heterocycles. The van der Waals surface area contributed by atoms with Crippen molar-refractivity contribution in [2.45, 2.75) is 13.8 Å². The van der Waals surface area contributed by atoms with Crippen LogP contribution in [0.4, 0.5) is 0 Å². The van der Waals surface area contributed by atoms with E-state index in [-0.39, 0.29) is 0 Å². The van der Waals surface area contributed by atoms with Gasteiger partial charge in [0.05, 0.1) is 12.3 Å². The Bertz CT molecular complexity index is 168. The predicted molar refractivity (Wildman–Crippen MR) is 39.5 cm³/mol. The minimum Gasteiger partial charge on any atom is -0.296 e. The first-order valence-electron chi connectivity index (χ1n) is 3.13. The van der Waals surface area contributed by atoms with Crippen molar-refractivity contribution in [1.29, 1.82) is 0 Å². The third kappa shape index (κ3) is 1.31. The van der Waals surface area contributed by atoms with Crippen molar-refractivity contribution in [2.24, 2.45) is 5.10 Å². The number of hydrogen-bond acceptors (Lipinski definition) is 2. The zero-order valence-corrected chi connectivity index (χ0v) is 6.18. The molecule has 0 bridgehead atoms. The molecule has 0 atom stereocenters. The van der Waals surface area contributed by atoms with Crippen LogP contribution in [-0.4, -0.2) is 24.3 Å². The molecule has 2 nitrogen and oxygen atoms in total. The predicted octanol–water partition coefficient (Wildman–Crippen LogP) is 1.25. The maximum absolute atomic E-state index is 4.25. The van der Waals surface area contributed by atoms with Crippen LogP contribution in [0.1, 0.15) is 13.8 Å². The summed E-state index contributed by atoms with van der Waals surface area (Å²) in [6, 6.07) is 0. The summed E-state index contributed by atoms with van der Waals surface area (Å²) >= 11 is 0. The molecule has 0 N–H and O–H groups in total. The normalized spacial score (nSPS) is 19.2. The first-order chi connectivity index (χ1) is 4.20. The maximum atomic E-state index is 4.25. The topological polar surface area (TPSA) is 15.6 Å². The van der Waals surface area contributed by atoms with Gasteiger partial charge in [-0.25, -0.2) is 0 Å². The minimum absolute atomic E-state index is 0.948. The standard InChI is InChI=1S/C7H12N2/c1-6-4-5-9(3)8-7(6)2/h4H,5H2,1-3H3. The molecule has 0 unspecified atom stereocenters. The summed E-state index contributed by atoms with van der Waals surface area (Å²) in [6.45, 7) is 5.07. The van der Waals surface area contributed by atoms with Crippen molar-refractivity contribution < 1.29 is 0 Å². The molecule has 0 aromatic carbocycles. The highest BCUT2D eigenvalue weighted by molar-refractivity contribution is 5.97. The molecule has 0 aromatic rings. The molecule has 1 rings (SSSR count). The summed E-state index contributed by atoms with van der Waals surface area (Å²) in [5.74, 6) is 0. The number of hydrogen-bond donors (Lipinski definition) is 0. The van der Waals surface area contributed by atoms with Gasteiger partial charge in [-0.15, -0.1) is 0 Å². The van der Waals surface area contributed by atoms with E-state index in [2.05, 4.69) is 18.1 Å². The van der Waals surface area contributed by atoms with Crippen LogP contribution in [0.25, 0.3) is 0 Å². The summed E-state index contributed by atoms with van der Waals surface area (Å²) in [5.41, 5.74) is 2.43. The summed E-state index contributed by atoms with van der Waals surface area (Å²) in [6.07, 6.45) is 2.18. The van der Waals surface area contributed by atoms with Gasteiger partial charge in [-0.2, -0.15) is 5.10 Å². The molecule has 0 fully saturated rings. The van der Waals surface area contributed by atoms with Crippen LogP contribution in [-0.2, 0) is 0 Å². The highest BCUT2D eigenvalue weighted by Crippen LogP contribution is 2.04. The molecule has 1 aliphatic rings. The first-order valence-corrected chi connectivity index (χ1v) is 3.13. The summed E-state index contributed by atoms with van der Waals surface area (Å²) in [4.78, 5) is 0. The Hall–Kier alpha value is -0.790. The van der Waals surface area contributed by atoms with E-state index in [4.69, 9.17) is 0 Å². The van der Waals surface area contributed by atoms with E-state index in [0.29, 0.717) is 0 Å². The van der Waals surface area contributed by atoms with Crippen molar-refractivity contribution in [1.82, 2.24) is 5.01 Å². The molecule has 0 spiro atoms. The van der Waals surface area contributed by atoms with Gasteiger partial charge in [0, 0.05) is 7.05 Å². The van der Waals surface area contributed by atoms with Crippen LogP contribution in [0, 0.1) is 0 Å². The Kier molecular flexibility index (Phi) is 1.56. The van der Waals surface area contributed by atoms with E-state index in [1.807, 2.05) is 19.0 Å². The molecule has 0 amide bonds. The zero-order valence-electron chi connectivity index (χ0n) is 6.18. The van der Waals surface area contributed by atoms with E-state index in [1.165, 1.54) is 5.57 Å². The van der Waals surface area contributed by atoms with Crippen LogP contribution in [0.5, 0.6) is 0 Å². The second-order valence-electron chi connectivity index (χ2n) is 2.41. The Morgan fingerprint density at radius 1 is 1.56 bits per heavy atom. The van der Waals surface area contributed by atoms with Crippen LogP contribution < -0.4 is 0 Å². The van der Waals surface area contributed by atoms with E-state index >= 15 is 0 Å². The molecule has 9 heavy (non-hydrogen) atoms. The molecule has 2 heteroatoms. The van der Waals surface area contributed by atoms with E-state index in [0.717, 1.165) is 12.3 Å². The lowest BCUT2D eigenvalue weighted by Gasteiger charge is -2.17. The molecule has 0 saturated carbocycles. The smallest absolute Gasteiger partial charge is 0.0601 e. The van der Waals surface area contributed by atoms with Crippen LogP contribution >= 0.6 is 0 Å². The van der Waals surface area contributed by atoms with Gasteiger partial charge in [0.25, 0.3) is 0 Å². The van der Waals surface area contributed by atoms with Gasteiger partial charge in [0.1, 0.15) is 0 Å². The highest BCUT2D eigenvalue weighted by Gasteiger charge is 2.02. The third-order valence-electron chi connectivity index (χ3n) is 1.55. The maximum Gasteiger partial charge on any atom is 0.0601 e. The monoisotopic (exact) mass is 124 g/mol. The van der Waals surface area contributed by atoms with E-state index in [9.17, 15) is 0 Å². The van der Waals surface area contributed by atoms with Crippen LogP contribution in [0.3, 0.4) is 0 Å². The van der Waals surface area contributed by atoms with E-state index in [1.54, 1.807) is 0 Å². The van der Waals surface area contributed by atoms with Crippen molar-refractivity contribution in [2.75, 3.05) is 13.6 Å². The van der Waals surface area contributed by atoms with Crippen molar-refractivity contribution in [3.63, 3.8) is 0 Å². The molecule has 0 aliphatic carbocycles. The van der Waals surface area contributed by atoms with Crippen molar-refractivity contribution in [3.05, 3.63) is 11.6 Å². The first kappa shape index (κ1) is 6.33. The molecule has 50 valence electrons. The SMILES string of the molecule is CC1=CCN(C)N=C1C. The second kappa shape index (κ2) is 2.21. The lowest BCUT2D eigenvalue weighted by Crippen LogP contribution is -2.18. The summed E-state index contributed by atoms with van der Waals surface area (Å²) in [5, 5.41) is 6.18. The summed E-state index contributed by atoms with van der Waals surface area (Å²) < 4.78 is 0. The van der Waals surface area contributed by atoms with Gasteiger partial charge >= 0.3 is 0 Å². The average Bonchev–Trinajstić information content (AvgIpc) is 1.80. The Morgan fingerprint density at radius 2 is 2.22 bits per heavy atom. The van der Waals surface area contributed by atoms with Gasteiger partial charge in [-0.1, -0.05) is 6.08 Å². The third-order valence-corrected chi connectivity index (χ3v) is 1.55. The van der Waals surface area contributed by atoms with Gasteiger partial charge in [0.2, 0.25) is 0 Å². The molecule has 1 heterocycles. The number of rotatable bonds is 0. The highest BCUT2D eigenvalue weighted by atomic mass is 15.4. The minimum atomic E-state index is 0.948. The fourth-order valence-corrected chi connectivity index (χ4v) is 0.793. The fraction of sp³-hybridized carbons (Fsp3) is 0.571. The Labute approximate surface area is 55.9 Å². The van der Waals surface area contributed by atoms with Crippen molar-refractivity contribution in [3.8, 4) is 0 Å². The van der Waals surface area contributed by atoms with Crippen molar-refractivity contribution >= 4 is 5.71 Å². The van der Waals surface area contributed by atoms with Crippen LogP contribution in [0.15, 0.2) is 16.8 Å². The number of allylic oxidation sites excluding steroid dienone is 1. The second-order valence-corrected chi connectivity index (χ2v) is 2.41. The molecule has 0 aromatic heterocycles. The quantitative estimate of drug-likeness (QED) is 0.474. The van der Waals surface area contributed by atoms with Gasteiger partial charge < -0.3 is 0 Å². The number of likely N-dealkylation sites (N-methyl/N-ethyl adjacent to an activating group) is 1. The fourth-order valence-electron chi connectivity index (χ4n) is 0.793. The molecular weight excluding hydrogens is 112 g/mol. The largest absolute Gasteiger partial charge is 0.296 e. The zero-order chi connectivity index (χ0) is 6.85. The molecular formula is C7H12N2. The number of nitrogens with zero attached hydrogens (tertiary/aromatic N) is 2. The van der Waals surface area contributed by atoms with Gasteiger partial charge in [0.15, 0.2) is 0 Å². The molecule has 0 radical (unpaired) electrons. The van der Waals surface area contributed by atoms with Gasteiger partial charge in [-0.3, -0.25) is 5.01 Å². The summed E-state index contributed by atoms with van der Waals surface area (Å²) in [7, 11) is 1.98. The number of hydrazone groups is 1. The Morgan fingerprint density at radius 3 is 2.67 bits per heavy atom. The lowest BCUT2D eigenvalue weighted by molar-refractivity contribution is 0.389. The van der Waals surface area contributed by atoms with E-state index < -0.39 is 0 Å². The lowest BCUT2D eigenvalue weighted by atomic mass is 10.2. The Balaban J connectivity index is 2.75.